The monoisotopic (exact) mass is 399 g/mol. The van der Waals surface area contributed by atoms with E-state index in [0.717, 1.165) is 22.3 Å². The fraction of sp³-hybridized carbons (Fsp3) is 0.250. The number of nitrogens with zero attached hydrogens (tertiary/aromatic N) is 3. The molecule has 0 saturated heterocycles. The van der Waals surface area contributed by atoms with Gasteiger partial charge in [-0.15, -0.1) is 0 Å². The molecule has 6 heteroatoms. The van der Waals surface area contributed by atoms with Gasteiger partial charge < -0.3 is 4.74 Å². The van der Waals surface area contributed by atoms with Gasteiger partial charge in [0.05, 0.1) is 41.8 Å². The molecule has 0 bridgehead atoms. The van der Waals surface area contributed by atoms with E-state index in [2.05, 4.69) is 11.1 Å². The maximum absolute atomic E-state index is 12.8. The molecule has 2 amide bonds. The van der Waals surface area contributed by atoms with Crippen LogP contribution in [-0.2, 0) is 11.8 Å². The minimum atomic E-state index is -1.08. The number of benzene rings is 2. The van der Waals surface area contributed by atoms with Crippen LogP contribution in [0.1, 0.15) is 45.7 Å². The molecule has 2 heterocycles. The Bertz CT molecular complexity index is 1190. The summed E-state index contributed by atoms with van der Waals surface area (Å²) in [5.41, 5.74) is 2.06. The van der Waals surface area contributed by atoms with Crippen molar-refractivity contribution in [3.63, 3.8) is 0 Å². The second kappa shape index (κ2) is 7.27. The van der Waals surface area contributed by atoms with Gasteiger partial charge in [-0.2, -0.15) is 5.26 Å². The van der Waals surface area contributed by atoms with Crippen molar-refractivity contribution < 1.29 is 14.3 Å². The number of carbonyl (C=O) groups excluding carboxylic acids is 2. The van der Waals surface area contributed by atoms with Gasteiger partial charge in [-0.05, 0) is 43.2 Å². The normalized spacial score (nSPS) is 15.1. The Morgan fingerprint density at radius 2 is 1.77 bits per heavy atom. The number of nitriles is 1. The van der Waals surface area contributed by atoms with Gasteiger partial charge in [0.1, 0.15) is 0 Å². The van der Waals surface area contributed by atoms with E-state index in [1.807, 2.05) is 31.2 Å². The molecule has 0 spiro atoms. The third kappa shape index (κ3) is 3.00. The molecule has 1 aliphatic rings. The van der Waals surface area contributed by atoms with Crippen LogP contribution in [0.5, 0.6) is 5.88 Å². The smallest absolute Gasteiger partial charge is 0.261 e. The Labute approximate surface area is 174 Å². The third-order valence-electron chi connectivity index (χ3n) is 5.67. The Balaban J connectivity index is 1.73. The predicted octanol–water partition coefficient (Wildman–Crippen LogP) is 3.88. The number of fused-ring (bicyclic) bond motifs is 2. The molecule has 1 aromatic heterocycles. The van der Waals surface area contributed by atoms with Crippen LogP contribution >= 0.6 is 0 Å². The summed E-state index contributed by atoms with van der Waals surface area (Å²) in [7, 11) is 1.58. The summed E-state index contributed by atoms with van der Waals surface area (Å²) < 4.78 is 5.39. The van der Waals surface area contributed by atoms with Gasteiger partial charge in [0.25, 0.3) is 11.8 Å². The fourth-order valence-electron chi connectivity index (χ4n) is 3.86. The number of hydrogen-bond donors (Lipinski definition) is 0. The maximum Gasteiger partial charge on any atom is 0.261 e. The quantitative estimate of drug-likeness (QED) is 0.608. The van der Waals surface area contributed by atoms with Crippen LogP contribution < -0.4 is 4.74 Å². The average Bonchev–Trinajstić information content (AvgIpc) is 3.02. The van der Waals surface area contributed by atoms with E-state index < -0.39 is 5.41 Å². The number of methoxy groups -OCH3 is 1. The van der Waals surface area contributed by atoms with Crippen molar-refractivity contribution in [3.8, 4) is 11.9 Å². The zero-order valence-electron chi connectivity index (χ0n) is 17.1. The van der Waals surface area contributed by atoms with Gasteiger partial charge in [-0.3, -0.25) is 14.5 Å². The summed E-state index contributed by atoms with van der Waals surface area (Å²) in [5, 5.41) is 10.9. The zero-order chi connectivity index (χ0) is 21.5. The number of ether oxygens (including phenoxy) is 1. The van der Waals surface area contributed by atoms with Gasteiger partial charge in [-0.25, -0.2) is 4.98 Å². The van der Waals surface area contributed by atoms with Crippen molar-refractivity contribution in [1.82, 2.24) is 9.88 Å². The van der Waals surface area contributed by atoms with E-state index in [0.29, 0.717) is 28.1 Å². The average molecular weight is 399 g/mol. The standard InChI is InChI=1S/C24H21N3O3/c1-4-15-11-16-9-10-17(12-20(16)26-21(15)30-3)24(2,13-25)14-27-22(28)18-7-5-6-8-19(18)23(27)29/h5-12H,4,14H2,1-3H3. The second-order valence-electron chi connectivity index (χ2n) is 7.60. The van der Waals surface area contributed by atoms with E-state index in [1.165, 1.54) is 0 Å². The van der Waals surface area contributed by atoms with Crippen LogP contribution in [0.3, 0.4) is 0 Å². The predicted molar refractivity (Wildman–Crippen MR) is 112 cm³/mol. The summed E-state index contributed by atoms with van der Waals surface area (Å²) >= 11 is 0. The molecule has 1 unspecified atom stereocenters. The first kappa shape index (κ1) is 19.6. The summed E-state index contributed by atoms with van der Waals surface area (Å²) in [6, 6.07) is 16.7. The summed E-state index contributed by atoms with van der Waals surface area (Å²) in [6.45, 7) is 3.73. The lowest BCUT2D eigenvalue weighted by Crippen LogP contribution is -2.41. The molecule has 4 rings (SSSR count). The van der Waals surface area contributed by atoms with Gasteiger partial charge in [0, 0.05) is 10.9 Å². The van der Waals surface area contributed by atoms with Gasteiger partial charge >= 0.3 is 0 Å². The Morgan fingerprint density at radius 1 is 1.10 bits per heavy atom. The fourth-order valence-corrected chi connectivity index (χ4v) is 3.86. The van der Waals surface area contributed by atoms with Crippen molar-refractivity contribution in [2.24, 2.45) is 0 Å². The molecule has 6 nitrogen and oxygen atoms in total. The lowest BCUT2D eigenvalue weighted by Gasteiger charge is -2.27. The molecular formula is C24H21N3O3. The van der Waals surface area contributed by atoms with Crippen LogP contribution in [0.4, 0.5) is 0 Å². The van der Waals surface area contributed by atoms with E-state index in [-0.39, 0.29) is 18.4 Å². The van der Waals surface area contributed by atoms with Crippen molar-refractivity contribution in [3.05, 3.63) is 70.8 Å². The number of amides is 2. The molecular weight excluding hydrogens is 378 g/mol. The zero-order valence-corrected chi connectivity index (χ0v) is 17.1. The van der Waals surface area contributed by atoms with Gasteiger partial charge in [0.2, 0.25) is 5.88 Å². The van der Waals surface area contributed by atoms with Crippen LogP contribution in [0.2, 0.25) is 0 Å². The lowest BCUT2D eigenvalue weighted by atomic mass is 9.83. The molecule has 150 valence electrons. The van der Waals surface area contributed by atoms with E-state index in [4.69, 9.17) is 4.74 Å². The first-order valence-corrected chi connectivity index (χ1v) is 9.76. The van der Waals surface area contributed by atoms with Crippen LogP contribution in [-0.4, -0.2) is 35.4 Å². The van der Waals surface area contributed by atoms with E-state index >= 15 is 0 Å². The highest BCUT2D eigenvalue weighted by molar-refractivity contribution is 6.21. The number of rotatable bonds is 5. The minimum absolute atomic E-state index is 0.0362. The van der Waals surface area contributed by atoms with Crippen LogP contribution in [0.25, 0.3) is 10.9 Å². The number of aryl methyl sites for hydroxylation is 1. The number of pyridine rings is 1. The van der Waals surface area contributed by atoms with Crippen molar-refractivity contribution >= 4 is 22.7 Å². The molecule has 0 aliphatic carbocycles. The van der Waals surface area contributed by atoms with Gasteiger partial charge in [-0.1, -0.05) is 31.2 Å². The Morgan fingerprint density at radius 3 is 2.33 bits per heavy atom. The van der Waals surface area contributed by atoms with Crippen molar-refractivity contribution in [2.75, 3.05) is 13.7 Å². The minimum Gasteiger partial charge on any atom is -0.481 e. The first-order valence-electron chi connectivity index (χ1n) is 9.76. The second-order valence-corrected chi connectivity index (χ2v) is 7.60. The number of imide groups is 1. The summed E-state index contributed by atoms with van der Waals surface area (Å²) in [4.78, 5) is 31.3. The van der Waals surface area contributed by atoms with Crippen molar-refractivity contribution in [1.29, 1.82) is 5.26 Å². The largest absolute Gasteiger partial charge is 0.481 e. The lowest BCUT2D eigenvalue weighted by molar-refractivity contribution is 0.0633. The molecule has 1 aliphatic heterocycles. The van der Waals surface area contributed by atoms with Crippen LogP contribution in [0, 0.1) is 11.3 Å². The number of hydrogen-bond acceptors (Lipinski definition) is 5. The molecule has 1 atom stereocenters. The highest BCUT2D eigenvalue weighted by atomic mass is 16.5. The van der Waals surface area contributed by atoms with Crippen LogP contribution in [0.15, 0.2) is 48.5 Å². The van der Waals surface area contributed by atoms with E-state index in [1.54, 1.807) is 38.3 Å². The van der Waals surface area contributed by atoms with Crippen molar-refractivity contribution in [2.45, 2.75) is 25.7 Å². The van der Waals surface area contributed by atoms with Gasteiger partial charge in [0.15, 0.2) is 0 Å². The SMILES string of the molecule is CCc1cc2ccc(C(C)(C#N)CN3C(=O)c4ccccc4C3=O)cc2nc1OC. The Kier molecular flexibility index (Phi) is 4.75. The topological polar surface area (TPSA) is 83.3 Å². The molecule has 2 aromatic carbocycles. The highest BCUT2D eigenvalue weighted by Gasteiger charge is 2.40. The molecule has 0 saturated carbocycles. The molecule has 30 heavy (non-hydrogen) atoms. The Hall–Kier alpha value is -3.72. The molecule has 0 radical (unpaired) electrons. The summed E-state index contributed by atoms with van der Waals surface area (Å²) in [5.74, 6) is -0.184. The number of aromatic nitrogens is 1. The highest BCUT2D eigenvalue weighted by Crippen LogP contribution is 2.32. The first-order chi connectivity index (χ1) is 14.4. The van der Waals surface area contributed by atoms with E-state index in [9.17, 15) is 14.9 Å². The molecule has 0 N–H and O–H groups in total. The number of carbonyl (C=O) groups is 2. The maximum atomic E-state index is 12.8. The summed E-state index contributed by atoms with van der Waals surface area (Å²) in [6.07, 6.45) is 0.795. The third-order valence-corrected chi connectivity index (χ3v) is 5.67. The molecule has 3 aromatic rings. The molecule has 0 fully saturated rings.